The zero-order valence-electron chi connectivity index (χ0n) is 12.0. The molecule has 6 heteroatoms. The predicted molar refractivity (Wildman–Crippen MR) is 83.2 cm³/mol. The summed E-state index contributed by atoms with van der Waals surface area (Å²) in [5.74, 6) is -0.472. The van der Waals surface area contributed by atoms with E-state index in [-0.39, 0.29) is 37.5 Å². The minimum atomic E-state index is -0.320. The van der Waals surface area contributed by atoms with Crippen LogP contribution in [0, 0.1) is 5.82 Å². The van der Waals surface area contributed by atoms with Crippen molar-refractivity contribution >= 4 is 17.2 Å². The lowest BCUT2D eigenvalue weighted by Gasteiger charge is -2.17. The summed E-state index contributed by atoms with van der Waals surface area (Å²) in [5, 5.41) is 13.6. The Hall–Kier alpha value is -1.76. The van der Waals surface area contributed by atoms with E-state index >= 15 is 0 Å². The Morgan fingerprint density at radius 3 is 2.73 bits per heavy atom. The Kier molecular flexibility index (Phi) is 6.51. The smallest absolute Gasteiger partial charge is 0.224 e. The highest BCUT2D eigenvalue weighted by Crippen LogP contribution is 2.21. The summed E-state index contributed by atoms with van der Waals surface area (Å²) in [4.78, 5) is 12.9. The molecule has 118 valence electrons. The van der Waals surface area contributed by atoms with Crippen LogP contribution in [0.1, 0.15) is 16.5 Å². The second kappa shape index (κ2) is 8.63. The van der Waals surface area contributed by atoms with Gasteiger partial charge in [-0.05, 0) is 29.1 Å². The number of benzene rings is 1. The molecule has 1 atom stereocenters. The maximum atomic E-state index is 12.8. The Balaban J connectivity index is 1.85. The lowest BCUT2D eigenvalue weighted by molar-refractivity contribution is -0.121. The quantitative estimate of drug-likeness (QED) is 0.784. The molecule has 4 nitrogen and oxygen atoms in total. The standard InChI is InChI=1S/C16H18FNO3S/c17-13-5-3-12(4-6-13)10-16(20)18-11-14(21-8-7-19)15-2-1-9-22-15/h1-6,9,14,19H,7-8,10-11H2,(H,18,20)/t14-/m1/s1. The molecule has 1 amide bonds. The van der Waals surface area contributed by atoms with Gasteiger partial charge in [-0.3, -0.25) is 4.79 Å². The molecule has 0 bridgehead atoms. The largest absolute Gasteiger partial charge is 0.394 e. The first-order chi connectivity index (χ1) is 10.7. The third-order valence-electron chi connectivity index (χ3n) is 3.03. The molecule has 2 aromatic rings. The number of nitrogens with one attached hydrogen (secondary N) is 1. The third-order valence-corrected chi connectivity index (χ3v) is 4.00. The molecular formula is C16H18FNO3S. The first-order valence-electron chi connectivity index (χ1n) is 6.96. The lowest BCUT2D eigenvalue weighted by Crippen LogP contribution is -2.30. The van der Waals surface area contributed by atoms with Gasteiger partial charge in [-0.15, -0.1) is 11.3 Å². The van der Waals surface area contributed by atoms with Crippen LogP contribution in [0.4, 0.5) is 4.39 Å². The van der Waals surface area contributed by atoms with E-state index in [9.17, 15) is 9.18 Å². The number of amides is 1. The van der Waals surface area contributed by atoms with E-state index in [2.05, 4.69) is 5.32 Å². The van der Waals surface area contributed by atoms with Crippen molar-refractivity contribution in [2.75, 3.05) is 19.8 Å². The predicted octanol–water partition coefficient (Wildman–Crippen LogP) is 2.30. The van der Waals surface area contributed by atoms with E-state index < -0.39 is 0 Å². The van der Waals surface area contributed by atoms with Crippen LogP contribution >= 0.6 is 11.3 Å². The molecule has 0 saturated carbocycles. The average molecular weight is 323 g/mol. The summed E-state index contributed by atoms with van der Waals surface area (Å²) >= 11 is 1.54. The summed E-state index contributed by atoms with van der Waals surface area (Å²) in [6.45, 7) is 0.488. The molecule has 2 rings (SSSR count). The fourth-order valence-corrected chi connectivity index (χ4v) is 2.74. The van der Waals surface area contributed by atoms with Crippen LogP contribution in [-0.2, 0) is 16.0 Å². The minimum absolute atomic E-state index is 0.0641. The van der Waals surface area contributed by atoms with Gasteiger partial charge in [0.05, 0.1) is 19.6 Å². The van der Waals surface area contributed by atoms with Crippen molar-refractivity contribution in [1.82, 2.24) is 5.32 Å². The van der Waals surface area contributed by atoms with E-state index in [1.165, 1.54) is 23.5 Å². The van der Waals surface area contributed by atoms with Gasteiger partial charge in [0, 0.05) is 11.4 Å². The van der Waals surface area contributed by atoms with Gasteiger partial charge in [-0.1, -0.05) is 18.2 Å². The average Bonchev–Trinajstić information content (AvgIpc) is 3.04. The van der Waals surface area contributed by atoms with Crippen LogP contribution in [0.25, 0.3) is 0 Å². The second-order valence-electron chi connectivity index (χ2n) is 4.71. The number of aliphatic hydroxyl groups is 1. The number of carbonyl (C=O) groups is 1. The lowest BCUT2D eigenvalue weighted by atomic mass is 10.1. The van der Waals surface area contributed by atoms with Crippen molar-refractivity contribution in [3.8, 4) is 0 Å². The normalized spacial score (nSPS) is 12.1. The van der Waals surface area contributed by atoms with Crippen molar-refractivity contribution in [2.24, 2.45) is 0 Å². The fourth-order valence-electron chi connectivity index (χ4n) is 1.97. The molecule has 0 fully saturated rings. The van der Waals surface area contributed by atoms with Gasteiger partial charge in [0.2, 0.25) is 5.91 Å². The SMILES string of the molecule is O=C(Cc1ccc(F)cc1)NC[C@@H](OCCO)c1cccs1. The van der Waals surface area contributed by atoms with E-state index in [1.54, 1.807) is 12.1 Å². The van der Waals surface area contributed by atoms with Gasteiger partial charge < -0.3 is 15.2 Å². The van der Waals surface area contributed by atoms with E-state index in [4.69, 9.17) is 9.84 Å². The Labute approximate surface area is 132 Å². The molecule has 2 N–H and O–H groups in total. The van der Waals surface area contributed by atoms with Crippen LogP contribution in [-0.4, -0.2) is 30.8 Å². The van der Waals surface area contributed by atoms with E-state index in [1.807, 2.05) is 17.5 Å². The molecule has 22 heavy (non-hydrogen) atoms. The van der Waals surface area contributed by atoms with Gasteiger partial charge in [0.15, 0.2) is 0 Å². The number of thiophene rings is 1. The third kappa shape index (κ3) is 5.22. The van der Waals surface area contributed by atoms with Crippen molar-refractivity contribution in [3.63, 3.8) is 0 Å². The highest BCUT2D eigenvalue weighted by Gasteiger charge is 2.14. The van der Waals surface area contributed by atoms with Gasteiger partial charge in [-0.25, -0.2) is 4.39 Å². The van der Waals surface area contributed by atoms with Gasteiger partial charge in [0.25, 0.3) is 0 Å². The van der Waals surface area contributed by atoms with Crippen molar-refractivity contribution < 1.29 is 19.0 Å². The van der Waals surface area contributed by atoms with Gasteiger partial charge >= 0.3 is 0 Å². The molecule has 0 aliphatic heterocycles. The maximum Gasteiger partial charge on any atom is 0.224 e. The number of aliphatic hydroxyl groups excluding tert-OH is 1. The number of halogens is 1. The van der Waals surface area contributed by atoms with E-state index in [0.717, 1.165) is 10.4 Å². The Bertz CT molecular complexity index is 572. The molecule has 1 aromatic heterocycles. The van der Waals surface area contributed by atoms with Crippen LogP contribution in [0.3, 0.4) is 0 Å². The summed E-state index contributed by atoms with van der Waals surface area (Å²) in [6, 6.07) is 9.69. The molecule has 0 spiro atoms. The Morgan fingerprint density at radius 2 is 2.09 bits per heavy atom. The number of ether oxygens (including phenoxy) is 1. The molecule has 1 aromatic carbocycles. The molecule has 1 heterocycles. The summed E-state index contributed by atoms with van der Waals surface area (Å²) < 4.78 is 18.4. The highest BCUT2D eigenvalue weighted by atomic mass is 32.1. The number of carbonyl (C=O) groups excluding carboxylic acids is 1. The summed E-state index contributed by atoms with van der Waals surface area (Å²) in [6.07, 6.45) is -0.0819. The van der Waals surface area contributed by atoms with Crippen molar-refractivity contribution in [1.29, 1.82) is 0 Å². The zero-order valence-corrected chi connectivity index (χ0v) is 12.8. The van der Waals surface area contributed by atoms with E-state index in [0.29, 0.717) is 6.54 Å². The molecule has 0 saturated heterocycles. The van der Waals surface area contributed by atoms with Crippen LogP contribution in [0.15, 0.2) is 41.8 Å². The molecular weight excluding hydrogens is 305 g/mol. The first kappa shape index (κ1) is 16.6. The number of hydrogen-bond donors (Lipinski definition) is 2. The van der Waals surface area contributed by atoms with Crippen molar-refractivity contribution in [2.45, 2.75) is 12.5 Å². The number of rotatable bonds is 8. The second-order valence-corrected chi connectivity index (χ2v) is 5.69. The first-order valence-corrected chi connectivity index (χ1v) is 7.84. The molecule has 0 radical (unpaired) electrons. The Morgan fingerprint density at radius 1 is 1.32 bits per heavy atom. The number of hydrogen-bond acceptors (Lipinski definition) is 4. The topological polar surface area (TPSA) is 58.6 Å². The summed E-state index contributed by atoms with van der Waals surface area (Å²) in [5.41, 5.74) is 0.753. The van der Waals surface area contributed by atoms with Crippen LogP contribution in [0.5, 0.6) is 0 Å². The monoisotopic (exact) mass is 323 g/mol. The summed E-state index contributed by atoms with van der Waals surface area (Å²) in [7, 11) is 0. The molecule has 0 aliphatic rings. The van der Waals surface area contributed by atoms with Crippen LogP contribution < -0.4 is 5.32 Å². The highest BCUT2D eigenvalue weighted by molar-refractivity contribution is 7.10. The minimum Gasteiger partial charge on any atom is -0.394 e. The fraction of sp³-hybridized carbons (Fsp3) is 0.312. The van der Waals surface area contributed by atoms with Crippen molar-refractivity contribution in [3.05, 3.63) is 58.0 Å². The maximum absolute atomic E-state index is 12.8. The zero-order chi connectivity index (χ0) is 15.8. The van der Waals surface area contributed by atoms with Crippen LogP contribution in [0.2, 0.25) is 0 Å². The molecule has 0 aliphatic carbocycles. The van der Waals surface area contributed by atoms with Gasteiger partial charge in [0.1, 0.15) is 11.9 Å². The van der Waals surface area contributed by atoms with Gasteiger partial charge in [-0.2, -0.15) is 0 Å². The molecule has 0 unspecified atom stereocenters.